The second-order valence-corrected chi connectivity index (χ2v) is 5.16. The minimum absolute atomic E-state index is 0.00535. The number of aromatic amines is 1. The molecular formula is C16H14N6O4. The summed E-state index contributed by atoms with van der Waals surface area (Å²) in [6.45, 7) is 0. The summed E-state index contributed by atoms with van der Waals surface area (Å²) in [6, 6.07) is 9.53. The predicted octanol–water partition coefficient (Wildman–Crippen LogP) is 1.94. The molecule has 0 unspecified atom stereocenters. The summed E-state index contributed by atoms with van der Waals surface area (Å²) in [4.78, 5) is 32.6. The van der Waals surface area contributed by atoms with E-state index in [-0.39, 0.29) is 23.2 Å². The van der Waals surface area contributed by atoms with Crippen LogP contribution >= 0.6 is 0 Å². The third-order valence-corrected chi connectivity index (χ3v) is 3.46. The number of H-pyrrole nitrogens is 1. The maximum absolute atomic E-state index is 12.1. The van der Waals surface area contributed by atoms with Gasteiger partial charge in [0.15, 0.2) is 11.7 Å². The summed E-state index contributed by atoms with van der Waals surface area (Å²) in [5.74, 6) is -0.228. The number of hydrogen-bond donors (Lipinski definition) is 3. The van der Waals surface area contributed by atoms with Gasteiger partial charge < -0.3 is 30.9 Å². The van der Waals surface area contributed by atoms with Crippen molar-refractivity contribution in [3.05, 3.63) is 58.4 Å². The van der Waals surface area contributed by atoms with E-state index in [4.69, 9.17) is 10.5 Å². The van der Waals surface area contributed by atoms with Gasteiger partial charge in [0, 0.05) is 18.5 Å². The Balaban J connectivity index is 1.96. The van der Waals surface area contributed by atoms with Gasteiger partial charge in [-0.2, -0.15) is 4.99 Å². The molecule has 1 amide bonds. The van der Waals surface area contributed by atoms with E-state index in [2.05, 4.69) is 20.3 Å². The molecule has 0 radical (unpaired) electrons. The molecule has 0 aliphatic rings. The number of carbonyl (C=O) groups excluding carboxylic acids is 1. The molecule has 2 aromatic heterocycles. The first-order chi connectivity index (χ1) is 12.5. The average molecular weight is 354 g/mol. The zero-order chi connectivity index (χ0) is 18.7. The van der Waals surface area contributed by atoms with Crippen LogP contribution in [0.3, 0.4) is 0 Å². The molecule has 3 rings (SSSR count). The lowest BCUT2D eigenvalue weighted by Crippen LogP contribution is -2.28. The van der Waals surface area contributed by atoms with Gasteiger partial charge in [0.1, 0.15) is 17.6 Å². The molecule has 132 valence electrons. The normalized spacial score (nSPS) is 11.3. The number of benzene rings is 1. The zero-order valence-electron chi connectivity index (χ0n) is 13.6. The molecule has 0 fully saturated rings. The second-order valence-electron chi connectivity index (χ2n) is 5.16. The Hall–Kier alpha value is -3.95. The number of pyridine rings is 1. The topological polar surface area (TPSA) is 149 Å². The molecular weight excluding hydrogens is 340 g/mol. The summed E-state index contributed by atoms with van der Waals surface area (Å²) in [6.07, 6.45) is 1.28. The highest BCUT2D eigenvalue weighted by Gasteiger charge is 2.14. The quantitative estimate of drug-likeness (QED) is 0.280. The molecule has 1 aromatic carbocycles. The smallest absolute Gasteiger partial charge is 0.367 e. The van der Waals surface area contributed by atoms with Gasteiger partial charge in [0.2, 0.25) is 0 Å². The van der Waals surface area contributed by atoms with E-state index in [1.54, 1.807) is 31.3 Å². The van der Waals surface area contributed by atoms with Crippen molar-refractivity contribution in [3.63, 3.8) is 0 Å². The number of nitro groups is 1. The van der Waals surface area contributed by atoms with Crippen molar-refractivity contribution in [2.24, 2.45) is 10.7 Å². The average Bonchev–Trinajstić information content (AvgIpc) is 3.07. The lowest BCUT2D eigenvalue weighted by Gasteiger charge is -2.06. The molecule has 10 nitrogen and oxygen atoms in total. The van der Waals surface area contributed by atoms with Crippen LogP contribution in [0.2, 0.25) is 0 Å². The van der Waals surface area contributed by atoms with Gasteiger partial charge in [0.25, 0.3) is 5.91 Å². The van der Waals surface area contributed by atoms with E-state index in [0.717, 1.165) is 0 Å². The minimum Gasteiger partial charge on any atom is -0.455 e. The van der Waals surface area contributed by atoms with Gasteiger partial charge in [-0.3, -0.25) is 4.79 Å². The number of carbonyl (C=O) groups is 1. The van der Waals surface area contributed by atoms with Crippen LogP contribution < -0.4 is 15.8 Å². The fourth-order valence-electron chi connectivity index (χ4n) is 2.24. The number of fused-ring (bicyclic) bond motifs is 1. The maximum Gasteiger partial charge on any atom is 0.367 e. The van der Waals surface area contributed by atoms with Crippen molar-refractivity contribution < 1.29 is 14.5 Å². The largest absolute Gasteiger partial charge is 0.455 e. The highest BCUT2D eigenvalue weighted by molar-refractivity contribution is 6.04. The summed E-state index contributed by atoms with van der Waals surface area (Å²) in [7, 11) is 1.55. The van der Waals surface area contributed by atoms with Crippen molar-refractivity contribution in [2.45, 2.75) is 0 Å². The molecule has 3 aromatic rings. The number of nitrogens with two attached hydrogens (primary N) is 1. The third-order valence-electron chi connectivity index (χ3n) is 3.46. The van der Waals surface area contributed by atoms with Gasteiger partial charge >= 0.3 is 5.82 Å². The first kappa shape index (κ1) is 16.9. The molecule has 0 bridgehead atoms. The lowest BCUT2D eigenvalue weighted by atomic mass is 10.2. The Morgan fingerprint density at radius 1 is 1.38 bits per heavy atom. The van der Waals surface area contributed by atoms with Crippen molar-refractivity contribution in [1.29, 1.82) is 0 Å². The Bertz CT molecular complexity index is 1030. The zero-order valence-corrected chi connectivity index (χ0v) is 13.6. The van der Waals surface area contributed by atoms with Crippen LogP contribution in [0.5, 0.6) is 11.5 Å². The molecule has 10 heteroatoms. The highest BCUT2D eigenvalue weighted by atomic mass is 16.6. The number of aliphatic imine (C=N–C) groups is 1. The van der Waals surface area contributed by atoms with Crippen molar-refractivity contribution in [1.82, 2.24) is 15.3 Å². The van der Waals surface area contributed by atoms with E-state index in [1.807, 2.05) is 0 Å². The number of nitrogens with one attached hydrogen (secondary N) is 2. The van der Waals surface area contributed by atoms with Crippen LogP contribution in [0.15, 0.2) is 47.6 Å². The molecule has 0 atom stereocenters. The molecule has 0 spiro atoms. The van der Waals surface area contributed by atoms with Gasteiger partial charge in [-0.15, -0.1) is 0 Å². The first-order valence-electron chi connectivity index (χ1n) is 7.44. The van der Waals surface area contributed by atoms with Crippen LogP contribution in [0.25, 0.3) is 10.9 Å². The Labute approximate surface area is 146 Å². The summed E-state index contributed by atoms with van der Waals surface area (Å²) in [5.41, 5.74) is 6.28. The van der Waals surface area contributed by atoms with Gasteiger partial charge in [-0.05, 0) is 22.0 Å². The molecule has 2 heterocycles. The van der Waals surface area contributed by atoms with Crippen molar-refractivity contribution in [2.75, 3.05) is 7.05 Å². The summed E-state index contributed by atoms with van der Waals surface area (Å²) >= 11 is 0. The van der Waals surface area contributed by atoms with Crippen molar-refractivity contribution >= 4 is 28.6 Å². The first-order valence-corrected chi connectivity index (χ1v) is 7.44. The van der Waals surface area contributed by atoms with Gasteiger partial charge in [0.05, 0.1) is 11.6 Å². The van der Waals surface area contributed by atoms with Gasteiger partial charge in [-0.25, -0.2) is 0 Å². The maximum atomic E-state index is 12.1. The Kier molecular flexibility index (Phi) is 4.48. The van der Waals surface area contributed by atoms with E-state index < -0.39 is 10.8 Å². The van der Waals surface area contributed by atoms with E-state index in [9.17, 15) is 14.9 Å². The molecule has 4 N–H and O–H groups in total. The third kappa shape index (κ3) is 3.43. The standard InChI is InChI=1S/C16H14N6O4/c1-18-16(17)21-15(23)11-7-9-3-2-4-12(14(9)20-11)26-10-5-6-19-13(8-10)22(24)25/h2-8,20H,1H3,(H3,17,18,21,23). The molecule has 26 heavy (non-hydrogen) atoms. The SMILES string of the molecule is CNC(N)=NC(=O)c1cc2cccc(Oc3ccnc([N+](=O)[O-])c3)c2[nH]1. The number of ether oxygens (including phenoxy) is 1. The molecule has 0 aliphatic carbocycles. The number of guanidine groups is 1. The van der Waals surface area contributed by atoms with Gasteiger partial charge in [-0.1, -0.05) is 12.1 Å². The van der Waals surface area contributed by atoms with Crippen LogP contribution in [-0.2, 0) is 0 Å². The Morgan fingerprint density at radius 3 is 2.92 bits per heavy atom. The molecule has 0 saturated heterocycles. The minimum atomic E-state index is -0.608. The van der Waals surface area contributed by atoms with E-state index in [0.29, 0.717) is 16.7 Å². The van der Waals surface area contributed by atoms with Crippen molar-refractivity contribution in [3.8, 4) is 11.5 Å². The van der Waals surface area contributed by atoms with Crippen LogP contribution in [0.1, 0.15) is 10.5 Å². The number of para-hydroxylation sites is 1. The summed E-state index contributed by atoms with van der Waals surface area (Å²) in [5, 5.41) is 14.1. The fraction of sp³-hybridized carbons (Fsp3) is 0.0625. The Morgan fingerprint density at radius 2 is 2.19 bits per heavy atom. The number of hydrogen-bond acceptors (Lipinski definition) is 5. The molecule has 0 aliphatic heterocycles. The number of amides is 1. The highest BCUT2D eigenvalue weighted by Crippen LogP contribution is 2.31. The fourth-order valence-corrected chi connectivity index (χ4v) is 2.24. The number of aromatic nitrogens is 2. The van der Waals surface area contributed by atoms with E-state index in [1.165, 1.54) is 18.3 Å². The second kappa shape index (κ2) is 6.89. The number of rotatable bonds is 4. The van der Waals surface area contributed by atoms with Crippen LogP contribution in [0.4, 0.5) is 5.82 Å². The van der Waals surface area contributed by atoms with Crippen LogP contribution in [-0.4, -0.2) is 33.8 Å². The summed E-state index contributed by atoms with van der Waals surface area (Å²) < 4.78 is 5.72. The number of nitrogens with zero attached hydrogens (tertiary/aromatic N) is 3. The van der Waals surface area contributed by atoms with Crippen LogP contribution in [0, 0.1) is 10.1 Å². The monoisotopic (exact) mass is 354 g/mol. The predicted molar refractivity (Wildman–Crippen MR) is 94.3 cm³/mol. The molecule has 0 saturated carbocycles. The lowest BCUT2D eigenvalue weighted by molar-refractivity contribution is -0.389. The van der Waals surface area contributed by atoms with E-state index >= 15 is 0 Å².